The van der Waals surface area contributed by atoms with Crippen molar-refractivity contribution in [2.75, 3.05) is 6.54 Å². The number of carbonyl (C=O) groups is 2. The standard InChI is InChI=1S/C14H12BrN3O2/c1-2-7-17-14(20)18-9-11(8-16)13(19)10-3-5-12(15)6-4-10/h2-6,9H,1,7H2,(H2,17,18,20). The number of nitrogens with one attached hydrogen (secondary N) is 2. The predicted octanol–water partition coefficient (Wildman–Crippen LogP) is 2.52. The summed E-state index contributed by atoms with van der Waals surface area (Å²) >= 11 is 3.26. The van der Waals surface area contributed by atoms with Crippen LogP contribution in [-0.4, -0.2) is 18.4 Å². The van der Waals surface area contributed by atoms with Gasteiger partial charge in [-0.05, 0) is 24.3 Å². The lowest BCUT2D eigenvalue weighted by Gasteiger charge is -2.02. The topological polar surface area (TPSA) is 82.0 Å². The Kier molecular flexibility index (Phi) is 6.20. The minimum Gasteiger partial charge on any atom is -0.334 e. The Bertz CT molecular complexity index is 585. The van der Waals surface area contributed by atoms with Gasteiger partial charge in [-0.25, -0.2) is 4.79 Å². The Morgan fingerprint density at radius 3 is 2.55 bits per heavy atom. The van der Waals surface area contributed by atoms with Crippen molar-refractivity contribution < 1.29 is 9.59 Å². The molecule has 1 aromatic rings. The molecule has 102 valence electrons. The first-order valence-electron chi connectivity index (χ1n) is 5.64. The molecule has 0 fully saturated rings. The number of benzene rings is 1. The van der Waals surface area contributed by atoms with Crippen LogP contribution >= 0.6 is 15.9 Å². The molecule has 0 aliphatic carbocycles. The number of rotatable bonds is 5. The van der Waals surface area contributed by atoms with Crippen LogP contribution in [0, 0.1) is 11.3 Å². The van der Waals surface area contributed by atoms with Crippen LogP contribution in [0.4, 0.5) is 4.79 Å². The largest absolute Gasteiger partial charge is 0.334 e. The van der Waals surface area contributed by atoms with Gasteiger partial charge in [-0.3, -0.25) is 4.79 Å². The Balaban J connectivity index is 2.77. The number of Topliss-reactive ketones (excluding diaryl/α,β-unsaturated/α-hetero) is 1. The zero-order valence-electron chi connectivity index (χ0n) is 10.5. The zero-order valence-corrected chi connectivity index (χ0v) is 12.1. The summed E-state index contributed by atoms with van der Waals surface area (Å²) in [6.45, 7) is 3.74. The second-order valence-corrected chi connectivity index (χ2v) is 4.56. The fraction of sp³-hybridized carbons (Fsp3) is 0.0714. The highest BCUT2D eigenvalue weighted by molar-refractivity contribution is 9.10. The molecule has 2 N–H and O–H groups in total. The highest BCUT2D eigenvalue weighted by Crippen LogP contribution is 2.13. The van der Waals surface area contributed by atoms with E-state index < -0.39 is 11.8 Å². The molecule has 20 heavy (non-hydrogen) atoms. The molecule has 0 spiro atoms. The van der Waals surface area contributed by atoms with Gasteiger partial charge in [0, 0.05) is 22.8 Å². The normalized spacial score (nSPS) is 10.3. The first-order chi connectivity index (χ1) is 9.58. The van der Waals surface area contributed by atoms with Crippen molar-refractivity contribution >= 4 is 27.7 Å². The minimum absolute atomic E-state index is 0.152. The van der Waals surface area contributed by atoms with E-state index in [0.29, 0.717) is 12.1 Å². The Hall–Kier alpha value is -2.39. The number of allylic oxidation sites excluding steroid dienone is 1. The van der Waals surface area contributed by atoms with Crippen molar-refractivity contribution in [2.45, 2.75) is 0 Å². The van der Waals surface area contributed by atoms with Crippen LogP contribution in [0.5, 0.6) is 0 Å². The fourth-order valence-corrected chi connectivity index (χ4v) is 1.52. The van der Waals surface area contributed by atoms with E-state index in [1.165, 1.54) is 6.08 Å². The van der Waals surface area contributed by atoms with Crippen molar-refractivity contribution in [1.82, 2.24) is 10.6 Å². The summed E-state index contributed by atoms with van der Waals surface area (Å²) in [6.07, 6.45) is 2.60. The number of hydrogen-bond acceptors (Lipinski definition) is 3. The third-order valence-electron chi connectivity index (χ3n) is 2.23. The molecule has 0 saturated carbocycles. The van der Waals surface area contributed by atoms with E-state index in [2.05, 4.69) is 33.1 Å². The summed E-state index contributed by atoms with van der Waals surface area (Å²) in [5.41, 5.74) is 0.218. The Morgan fingerprint density at radius 1 is 1.35 bits per heavy atom. The maximum absolute atomic E-state index is 12.0. The summed E-state index contributed by atoms with van der Waals surface area (Å²) in [7, 11) is 0. The molecular formula is C14H12BrN3O2. The molecule has 0 atom stereocenters. The maximum atomic E-state index is 12.0. The van der Waals surface area contributed by atoms with Gasteiger partial charge >= 0.3 is 6.03 Å². The van der Waals surface area contributed by atoms with Crippen molar-refractivity contribution in [3.63, 3.8) is 0 Å². The quantitative estimate of drug-likeness (QED) is 0.376. The number of amides is 2. The third kappa shape index (κ3) is 4.71. The van der Waals surface area contributed by atoms with Gasteiger partial charge in [-0.15, -0.1) is 6.58 Å². The van der Waals surface area contributed by atoms with Gasteiger partial charge in [0.1, 0.15) is 11.6 Å². The van der Waals surface area contributed by atoms with Gasteiger partial charge < -0.3 is 10.6 Å². The number of urea groups is 1. The second kappa shape index (κ2) is 7.92. The van der Waals surface area contributed by atoms with Gasteiger partial charge in [0.15, 0.2) is 0 Å². The van der Waals surface area contributed by atoms with Crippen molar-refractivity contribution in [3.05, 3.63) is 58.7 Å². The zero-order chi connectivity index (χ0) is 15.0. The lowest BCUT2D eigenvalue weighted by molar-refractivity contribution is 0.103. The van der Waals surface area contributed by atoms with Crippen LogP contribution in [0.15, 0.2) is 53.2 Å². The molecule has 1 aromatic carbocycles. The van der Waals surface area contributed by atoms with Crippen LogP contribution < -0.4 is 10.6 Å². The Labute approximate surface area is 125 Å². The number of nitriles is 1. The monoisotopic (exact) mass is 333 g/mol. The highest BCUT2D eigenvalue weighted by atomic mass is 79.9. The molecule has 0 radical (unpaired) electrons. The number of nitrogens with zero attached hydrogens (tertiary/aromatic N) is 1. The minimum atomic E-state index is -0.513. The van der Waals surface area contributed by atoms with Crippen molar-refractivity contribution in [3.8, 4) is 6.07 Å². The van der Waals surface area contributed by atoms with Crippen LogP contribution in [0.2, 0.25) is 0 Å². The molecular weight excluding hydrogens is 322 g/mol. The second-order valence-electron chi connectivity index (χ2n) is 3.65. The van der Waals surface area contributed by atoms with Crippen LogP contribution in [-0.2, 0) is 0 Å². The van der Waals surface area contributed by atoms with E-state index in [0.717, 1.165) is 10.7 Å². The molecule has 0 unspecified atom stereocenters. The van der Waals surface area contributed by atoms with E-state index >= 15 is 0 Å². The first kappa shape index (κ1) is 15.7. The van der Waals surface area contributed by atoms with Gasteiger partial charge in [-0.2, -0.15) is 5.26 Å². The van der Waals surface area contributed by atoms with Crippen LogP contribution in [0.3, 0.4) is 0 Å². The molecule has 0 aliphatic heterocycles. The number of carbonyl (C=O) groups excluding carboxylic acids is 2. The van der Waals surface area contributed by atoms with E-state index in [9.17, 15) is 9.59 Å². The number of ketones is 1. The van der Waals surface area contributed by atoms with Crippen LogP contribution in [0.25, 0.3) is 0 Å². The predicted molar refractivity (Wildman–Crippen MR) is 78.9 cm³/mol. The third-order valence-corrected chi connectivity index (χ3v) is 2.75. The summed E-state index contributed by atoms with van der Waals surface area (Å²) in [6, 6.07) is 7.84. The van der Waals surface area contributed by atoms with E-state index in [1.807, 2.05) is 0 Å². The van der Waals surface area contributed by atoms with E-state index in [4.69, 9.17) is 5.26 Å². The molecule has 0 heterocycles. The van der Waals surface area contributed by atoms with Gasteiger partial charge in [0.05, 0.1) is 0 Å². The Morgan fingerprint density at radius 2 is 2.00 bits per heavy atom. The summed E-state index contributed by atoms with van der Waals surface area (Å²) in [4.78, 5) is 23.3. The summed E-state index contributed by atoms with van der Waals surface area (Å²) in [5.74, 6) is -0.455. The van der Waals surface area contributed by atoms with Crippen molar-refractivity contribution in [1.29, 1.82) is 5.26 Å². The average molecular weight is 334 g/mol. The van der Waals surface area contributed by atoms with Gasteiger partial charge in [-0.1, -0.05) is 22.0 Å². The lowest BCUT2D eigenvalue weighted by Crippen LogP contribution is -2.32. The van der Waals surface area contributed by atoms with Crippen LogP contribution in [0.1, 0.15) is 10.4 Å². The van der Waals surface area contributed by atoms with E-state index in [1.54, 1.807) is 30.3 Å². The maximum Gasteiger partial charge on any atom is 0.319 e. The average Bonchev–Trinajstić information content (AvgIpc) is 2.46. The van der Waals surface area contributed by atoms with Gasteiger partial charge in [0.25, 0.3) is 0 Å². The molecule has 6 heteroatoms. The fourth-order valence-electron chi connectivity index (χ4n) is 1.26. The first-order valence-corrected chi connectivity index (χ1v) is 6.43. The number of halogens is 1. The molecule has 0 saturated heterocycles. The highest BCUT2D eigenvalue weighted by Gasteiger charge is 2.12. The smallest absolute Gasteiger partial charge is 0.319 e. The molecule has 0 aliphatic rings. The SMILES string of the molecule is C=CCNC(=O)NC=C(C#N)C(=O)c1ccc(Br)cc1. The summed E-state index contributed by atoms with van der Waals surface area (Å²) < 4.78 is 0.832. The lowest BCUT2D eigenvalue weighted by atomic mass is 10.1. The summed E-state index contributed by atoms with van der Waals surface area (Å²) in [5, 5.41) is 13.7. The molecule has 5 nitrogen and oxygen atoms in total. The van der Waals surface area contributed by atoms with E-state index in [-0.39, 0.29) is 5.57 Å². The van der Waals surface area contributed by atoms with Crippen molar-refractivity contribution in [2.24, 2.45) is 0 Å². The molecule has 0 bridgehead atoms. The number of hydrogen-bond donors (Lipinski definition) is 2. The van der Waals surface area contributed by atoms with Gasteiger partial charge in [0.2, 0.25) is 5.78 Å². The molecule has 1 rings (SSSR count). The molecule has 2 amide bonds. The molecule has 0 aromatic heterocycles.